The highest BCUT2D eigenvalue weighted by atomic mass is 31.1. The molecule has 16 heavy (non-hydrogen) atoms. The van der Waals surface area contributed by atoms with Crippen molar-refractivity contribution >= 4 is 8.25 Å². The van der Waals surface area contributed by atoms with Crippen molar-refractivity contribution in [2.45, 2.75) is 72.1 Å². The molecule has 0 unspecified atom stereocenters. The first kappa shape index (κ1) is 18.5. The van der Waals surface area contributed by atoms with E-state index < -0.39 is 8.25 Å². The molecule has 0 aliphatic carbocycles. The zero-order valence-corrected chi connectivity index (χ0v) is 12.0. The summed E-state index contributed by atoms with van der Waals surface area (Å²) >= 11 is 0. The van der Waals surface area contributed by atoms with Gasteiger partial charge in [-0.1, -0.05) is 72.1 Å². The van der Waals surface area contributed by atoms with Gasteiger partial charge < -0.3 is 9.79 Å². The van der Waals surface area contributed by atoms with Crippen molar-refractivity contribution in [3.05, 3.63) is 0 Å². The van der Waals surface area contributed by atoms with E-state index in [1.807, 2.05) is 0 Å². The lowest BCUT2D eigenvalue weighted by Crippen LogP contribution is -1.96. The van der Waals surface area contributed by atoms with Gasteiger partial charge in [0.05, 0.1) is 0 Å². The van der Waals surface area contributed by atoms with Crippen LogP contribution in [-0.2, 0) is 4.57 Å². The molecular weight excluding hydrogens is 223 g/mol. The fourth-order valence-electron chi connectivity index (χ4n) is 1.73. The van der Waals surface area contributed by atoms with Crippen LogP contribution in [0.15, 0.2) is 0 Å². The second-order valence-corrected chi connectivity index (χ2v) is 4.73. The van der Waals surface area contributed by atoms with Crippen molar-refractivity contribution in [3.63, 3.8) is 0 Å². The van der Waals surface area contributed by atoms with E-state index >= 15 is 0 Å². The minimum atomic E-state index is -3.13. The zero-order valence-electron chi connectivity index (χ0n) is 11.0. The van der Waals surface area contributed by atoms with Crippen molar-refractivity contribution in [2.75, 3.05) is 0 Å². The average Bonchev–Trinajstić information content (AvgIpc) is 2.23. The molecular formula is C12H29O3P. The molecule has 2 N–H and O–H groups in total. The molecule has 0 aromatic carbocycles. The van der Waals surface area contributed by atoms with Gasteiger partial charge in [0.2, 0.25) is 0 Å². The average molecular weight is 252 g/mol. The molecule has 0 atom stereocenters. The molecule has 0 bridgehead atoms. The van der Waals surface area contributed by atoms with Gasteiger partial charge in [-0.25, -0.2) is 0 Å². The van der Waals surface area contributed by atoms with Crippen LogP contribution in [0.3, 0.4) is 0 Å². The van der Waals surface area contributed by atoms with E-state index in [1.54, 1.807) is 0 Å². The Hall–Kier alpha value is 0.150. The van der Waals surface area contributed by atoms with Crippen LogP contribution in [0.25, 0.3) is 0 Å². The molecule has 0 amide bonds. The molecule has 3 nitrogen and oxygen atoms in total. The lowest BCUT2D eigenvalue weighted by atomic mass is 9.96. The van der Waals surface area contributed by atoms with Gasteiger partial charge in [0.15, 0.2) is 0 Å². The van der Waals surface area contributed by atoms with Crippen LogP contribution < -0.4 is 0 Å². The quantitative estimate of drug-likeness (QED) is 0.504. The maximum Gasteiger partial charge on any atom is 0.314 e. The molecule has 0 saturated heterocycles. The van der Waals surface area contributed by atoms with Gasteiger partial charge in [0.1, 0.15) is 0 Å². The second kappa shape index (κ2) is 15.1. The van der Waals surface area contributed by atoms with Crippen LogP contribution >= 0.6 is 8.25 Å². The molecule has 0 aromatic heterocycles. The minimum Gasteiger partial charge on any atom is -0.326 e. The van der Waals surface area contributed by atoms with Gasteiger partial charge in [-0.2, -0.15) is 0 Å². The third kappa shape index (κ3) is 19.7. The highest BCUT2D eigenvalue weighted by Gasteiger charge is 2.01. The first-order chi connectivity index (χ1) is 7.58. The first-order valence-electron chi connectivity index (χ1n) is 6.50. The largest absolute Gasteiger partial charge is 0.326 e. The molecule has 4 heteroatoms. The Morgan fingerprint density at radius 2 is 1.38 bits per heavy atom. The summed E-state index contributed by atoms with van der Waals surface area (Å²) in [5, 5.41) is 0. The molecule has 0 radical (unpaired) electrons. The van der Waals surface area contributed by atoms with E-state index in [-0.39, 0.29) is 0 Å². The summed E-state index contributed by atoms with van der Waals surface area (Å²) in [6.07, 6.45) is 11.4. The highest BCUT2D eigenvalue weighted by molar-refractivity contribution is 7.30. The van der Waals surface area contributed by atoms with Crippen LogP contribution in [-0.4, -0.2) is 9.79 Å². The Bertz CT molecular complexity index is 143. The lowest BCUT2D eigenvalue weighted by molar-refractivity contribution is 0.405. The molecule has 0 fully saturated rings. The SMILES string of the molecule is CCCCCCCC(CC)CC.O=[PH](O)O. The van der Waals surface area contributed by atoms with Crippen molar-refractivity contribution in [1.29, 1.82) is 0 Å². The Morgan fingerprint density at radius 1 is 0.938 bits per heavy atom. The predicted molar refractivity (Wildman–Crippen MR) is 70.9 cm³/mol. The number of hydrogen-bond acceptors (Lipinski definition) is 1. The van der Waals surface area contributed by atoms with Gasteiger partial charge in [0.25, 0.3) is 0 Å². The molecule has 0 spiro atoms. The van der Waals surface area contributed by atoms with Crippen molar-refractivity contribution in [3.8, 4) is 0 Å². The van der Waals surface area contributed by atoms with Gasteiger partial charge in [-0.15, -0.1) is 0 Å². The maximum absolute atomic E-state index is 8.74. The Labute approximate surface area is 101 Å². The van der Waals surface area contributed by atoms with Crippen LogP contribution in [0.2, 0.25) is 0 Å². The Kier molecular flexibility index (Phi) is 17.5. The topological polar surface area (TPSA) is 57.5 Å². The maximum atomic E-state index is 8.74. The molecule has 0 saturated carbocycles. The predicted octanol–water partition coefficient (Wildman–Crippen LogP) is 4.14. The molecule has 0 rings (SSSR count). The Morgan fingerprint density at radius 3 is 1.75 bits per heavy atom. The van der Waals surface area contributed by atoms with E-state index in [0.29, 0.717) is 0 Å². The van der Waals surface area contributed by atoms with Gasteiger partial charge in [-0.3, -0.25) is 4.57 Å². The summed E-state index contributed by atoms with van der Waals surface area (Å²) in [5.41, 5.74) is 0. The smallest absolute Gasteiger partial charge is 0.314 e. The summed E-state index contributed by atoms with van der Waals surface area (Å²) in [5.74, 6) is 1.01. The third-order valence-corrected chi connectivity index (χ3v) is 2.87. The minimum absolute atomic E-state index is 1.01. The van der Waals surface area contributed by atoms with E-state index in [0.717, 1.165) is 5.92 Å². The number of rotatable bonds is 8. The summed E-state index contributed by atoms with van der Waals surface area (Å²) in [6.45, 7) is 6.92. The van der Waals surface area contributed by atoms with Crippen molar-refractivity contribution < 1.29 is 14.4 Å². The van der Waals surface area contributed by atoms with Crippen LogP contribution in [0.4, 0.5) is 0 Å². The van der Waals surface area contributed by atoms with Crippen LogP contribution in [0.5, 0.6) is 0 Å². The van der Waals surface area contributed by atoms with Crippen LogP contribution in [0.1, 0.15) is 72.1 Å². The molecule has 100 valence electrons. The Balaban J connectivity index is 0. The molecule has 0 heterocycles. The highest BCUT2D eigenvalue weighted by Crippen LogP contribution is 2.17. The summed E-state index contributed by atoms with van der Waals surface area (Å²) in [6, 6.07) is 0. The van der Waals surface area contributed by atoms with Crippen molar-refractivity contribution in [1.82, 2.24) is 0 Å². The van der Waals surface area contributed by atoms with E-state index in [2.05, 4.69) is 20.8 Å². The standard InChI is InChI=1S/C12H26.H3O3P/c1-4-7-8-9-10-11-12(5-2)6-3;1-4(2)3/h12H,4-11H2,1-3H3;4H,(H2,1,2,3). The van der Waals surface area contributed by atoms with Gasteiger partial charge in [-0.05, 0) is 5.92 Å². The zero-order chi connectivity index (χ0) is 12.8. The fourth-order valence-corrected chi connectivity index (χ4v) is 1.73. The normalized spacial score (nSPS) is 10.4. The van der Waals surface area contributed by atoms with Crippen molar-refractivity contribution in [2.24, 2.45) is 5.92 Å². The van der Waals surface area contributed by atoms with E-state index in [1.165, 1.54) is 51.4 Å². The molecule has 0 aliphatic rings. The molecule has 0 aromatic rings. The summed E-state index contributed by atoms with van der Waals surface area (Å²) in [7, 11) is -3.13. The molecule has 0 aliphatic heterocycles. The summed E-state index contributed by atoms with van der Waals surface area (Å²) < 4.78 is 8.74. The second-order valence-electron chi connectivity index (χ2n) is 4.17. The number of unbranched alkanes of at least 4 members (excludes halogenated alkanes) is 4. The lowest BCUT2D eigenvalue weighted by Gasteiger charge is -2.10. The van der Waals surface area contributed by atoms with E-state index in [9.17, 15) is 0 Å². The first-order valence-corrected chi connectivity index (χ1v) is 7.80. The monoisotopic (exact) mass is 252 g/mol. The number of hydrogen-bond donors (Lipinski definition) is 2. The van der Waals surface area contributed by atoms with E-state index in [4.69, 9.17) is 14.4 Å². The van der Waals surface area contributed by atoms with Gasteiger partial charge in [0, 0.05) is 0 Å². The van der Waals surface area contributed by atoms with Crippen LogP contribution in [0, 0.1) is 5.92 Å². The third-order valence-electron chi connectivity index (χ3n) is 2.87. The summed E-state index contributed by atoms with van der Waals surface area (Å²) in [4.78, 5) is 14.3. The fraction of sp³-hybridized carbons (Fsp3) is 1.00. The van der Waals surface area contributed by atoms with Gasteiger partial charge >= 0.3 is 8.25 Å².